The van der Waals surface area contributed by atoms with Crippen molar-refractivity contribution in [1.29, 1.82) is 0 Å². The molecule has 0 aliphatic heterocycles. The van der Waals surface area contributed by atoms with Crippen molar-refractivity contribution in [2.24, 2.45) is 0 Å². The van der Waals surface area contributed by atoms with Crippen LogP contribution in [0.25, 0.3) is 0 Å². The summed E-state index contributed by atoms with van der Waals surface area (Å²) in [6.45, 7) is 4.11. The number of halogens is 3. The molecule has 1 amide bonds. The SMILES string of the molecule is Cc1noc(C(C)C)c1C(=O)OCC(=O)Nc1ccc([N+](=O)[O-])cc1C(F)(F)F. The van der Waals surface area contributed by atoms with Crippen LogP contribution in [0.2, 0.25) is 0 Å². The number of aromatic nitrogens is 1. The van der Waals surface area contributed by atoms with Crippen LogP contribution in [0.1, 0.15) is 47.1 Å². The molecule has 0 atom stereocenters. The van der Waals surface area contributed by atoms with Gasteiger partial charge in [0.2, 0.25) is 0 Å². The van der Waals surface area contributed by atoms with Gasteiger partial charge >= 0.3 is 12.1 Å². The van der Waals surface area contributed by atoms with E-state index in [1.807, 2.05) is 5.32 Å². The minimum absolute atomic E-state index is 0.0408. The third-order valence-corrected chi connectivity index (χ3v) is 3.75. The summed E-state index contributed by atoms with van der Waals surface area (Å²) in [6, 6.07) is 1.87. The van der Waals surface area contributed by atoms with Crippen molar-refractivity contribution in [3.8, 4) is 0 Å². The maximum Gasteiger partial charge on any atom is 0.418 e. The van der Waals surface area contributed by atoms with E-state index < -0.39 is 46.5 Å². The van der Waals surface area contributed by atoms with Gasteiger partial charge in [-0.15, -0.1) is 0 Å². The molecule has 2 rings (SSSR count). The number of nitrogens with zero attached hydrogens (tertiary/aromatic N) is 2. The van der Waals surface area contributed by atoms with Crippen LogP contribution in [0.3, 0.4) is 0 Å². The van der Waals surface area contributed by atoms with Crippen LogP contribution in [-0.4, -0.2) is 28.6 Å². The van der Waals surface area contributed by atoms with Gasteiger partial charge < -0.3 is 14.6 Å². The van der Waals surface area contributed by atoms with Gasteiger partial charge in [-0.1, -0.05) is 19.0 Å². The zero-order valence-electron chi connectivity index (χ0n) is 15.5. The molecule has 0 unspecified atom stereocenters. The number of amides is 1. The van der Waals surface area contributed by atoms with Crippen molar-refractivity contribution in [3.05, 3.63) is 50.9 Å². The Kier molecular flexibility index (Phi) is 6.25. The van der Waals surface area contributed by atoms with Gasteiger partial charge in [-0.2, -0.15) is 13.2 Å². The van der Waals surface area contributed by atoms with Crippen LogP contribution in [0, 0.1) is 17.0 Å². The van der Waals surface area contributed by atoms with E-state index in [4.69, 9.17) is 9.26 Å². The minimum atomic E-state index is -4.95. The molecule has 1 N–H and O–H groups in total. The molecular weight excluding hydrogens is 399 g/mol. The number of non-ortho nitro benzene ring substituents is 1. The van der Waals surface area contributed by atoms with E-state index in [1.165, 1.54) is 6.92 Å². The van der Waals surface area contributed by atoms with Crippen LogP contribution < -0.4 is 5.32 Å². The third kappa shape index (κ3) is 5.09. The molecule has 0 spiro atoms. The lowest BCUT2D eigenvalue weighted by Gasteiger charge is -2.13. The largest absolute Gasteiger partial charge is 0.452 e. The van der Waals surface area contributed by atoms with Crippen LogP contribution in [0.15, 0.2) is 22.7 Å². The van der Waals surface area contributed by atoms with Crippen LogP contribution in [-0.2, 0) is 15.7 Å². The van der Waals surface area contributed by atoms with Gasteiger partial charge in [-0.3, -0.25) is 14.9 Å². The molecule has 2 aromatic rings. The van der Waals surface area contributed by atoms with Crippen molar-refractivity contribution in [3.63, 3.8) is 0 Å². The smallest absolute Gasteiger partial charge is 0.418 e. The van der Waals surface area contributed by atoms with Crippen LogP contribution in [0.5, 0.6) is 0 Å². The fourth-order valence-corrected chi connectivity index (χ4v) is 2.41. The summed E-state index contributed by atoms with van der Waals surface area (Å²) in [5, 5.41) is 16.3. The molecule has 1 aromatic heterocycles. The first-order chi connectivity index (χ1) is 13.4. The number of esters is 1. The number of alkyl halides is 3. The number of aryl methyl sites for hydroxylation is 1. The molecule has 9 nitrogen and oxygen atoms in total. The van der Waals surface area contributed by atoms with Gasteiger partial charge in [-0.05, 0) is 13.0 Å². The first kappa shape index (κ1) is 21.9. The van der Waals surface area contributed by atoms with E-state index in [0.717, 1.165) is 12.1 Å². The summed E-state index contributed by atoms with van der Waals surface area (Å²) < 4.78 is 49.3. The average molecular weight is 415 g/mol. The first-order valence-electron chi connectivity index (χ1n) is 8.20. The van der Waals surface area contributed by atoms with E-state index in [2.05, 4.69) is 5.16 Å². The molecule has 1 heterocycles. The standard InChI is InChI=1S/C17H16F3N3O6/c1-8(2)15-14(9(3)22-29-15)16(25)28-7-13(24)21-12-5-4-10(23(26)27)6-11(12)17(18,19)20/h4-6,8H,7H2,1-3H3,(H,21,24). The number of carbonyl (C=O) groups is 2. The fourth-order valence-electron chi connectivity index (χ4n) is 2.41. The maximum absolute atomic E-state index is 13.1. The Balaban J connectivity index is 2.13. The second-order valence-corrected chi connectivity index (χ2v) is 6.27. The molecule has 156 valence electrons. The number of rotatable bonds is 6. The minimum Gasteiger partial charge on any atom is -0.452 e. The molecule has 0 saturated carbocycles. The Morgan fingerprint density at radius 2 is 2.00 bits per heavy atom. The summed E-state index contributed by atoms with van der Waals surface area (Å²) >= 11 is 0. The van der Waals surface area contributed by atoms with E-state index in [9.17, 15) is 32.9 Å². The fraction of sp³-hybridized carbons (Fsp3) is 0.353. The lowest BCUT2D eigenvalue weighted by Crippen LogP contribution is -2.23. The van der Waals surface area contributed by atoms with Crippen LogP contribution >= 0.6 is 0 Å². The lowest BCUT2D eigenvalue weighted by molar-refractivity contribution is -0.385. The predicted molar refractivity (Wildman–Crippen MR) is 92.3 cm³/mol. The molecule has 1 aromatic carbocycles. The number of anilines is 1. The average Bonchev–Trinajstić information content (AvgIpc) is 3.00. The third-order valence-electron chi connectivity index (χ3n) is 3.75. The normalized spacial score (nSPS) is 11.4. The van der Waals surface area contributed by atoms with Crippen molar-refractivity contribution in [1.82, 2.24) is 5.16 Å². The van der Waals surface area contributed by atoms with E-state index in [1.54, 1.807) is 13.8 Å². The number of nitrogens with one attached hydrogen (secondary N) is 1. The molecule has 12 heteroatoms. The highest BCUT2D eigenvalue weighted by Crippen LogP contribution is 2.37. The summed E-state index contributed by atoms with van der Waals surface area (Å²) in [5.74, 6) is -1.91. The van der Waals surface area contributed by atoms with E-state index >= 15 is 0 Å². The number of ether oxygens (including phenoxy) is 1. The van der Waals surface area contributed by atoms with Gasteiger partial charge in [0.25, 0.3) is 11.6 Å². The lowest BCUT2D eigenvalue weighted by atomic mass is 10.1. The highest BCUT2D eigenvalue weighted by Gasteiger charge is 2.35. The van der Waals surface area contributed by atoms with Crippen LogP contribution in [0.4, 0.5) is 24.5 Å². The Morgan fingerprint density at radius 1 is 1.34 bits per heavy atom. The van der Waals surface area contributed by atoms with E-state index in [0.29, 0.717) is 6.07 Å². The molecule has 0 radical (unpaired) electrons. The number of carbonyl (C=O) groups excluding carboxylic acids is 2. The molecule has 0 bridgehead atoms. The van der Waals surface area contributed by atoms with E-state index in [-0.39, 0.29) is 22.9 Å². The number of hydrogen-bond donors (Lipinski definition) is 1. The van der Waals surface area contributed by atoms with Gasteiger partial charge in [-0.25, -0.2) is 4.79 Å². The topological polar surface area (TPSA) is 125 Å². The number of hydrogen-bond acceptors (Lipinski definition) is 7. The monoisotopic (exact) mass is 415 g/mol. The van der Waals surface area contributed by atoms with Crippen molar-refractivity contribution < 1.29 is 36.9 Å². The Morgan fingerprint density at radius 3 is 2.55 bits per heavy atom. The maximum atomic E-state index is 13.1. The quantitative estimate of drug-likeness (QED) is 0.432. The molecule has 29 heavy (non-hydrogen) atoms. The molecule has 0 saturated heterocycles. The zero-order chi connectivity index (χ0) is 21.9. The van der Waals surface area contributed by atoms with Crippen molar-refractivity contribution in [2.75, 3.05) is 11.9 Å². The number of nitro groups is 1. The van der Waals surface area contributed by atoms with Crippen molar-refractivity contribution in [2.45, 2.75) is 32.9 Å². The Hall–Kier alpha value is -3.44. The highest BCUT2D eigenvalue weighted by atomic mass is 19.4. The second kappa shape index (κ2) is 8.29. The van der Waals surface area contributed by atoms with Crippen molar-refractivity contribution >= 4 is 23.3 Å². The molecule has 0 aliphatic rings. The number of nitro benzene ring substituents is 1. The summed E-state index contributed by atoms with van der Waals surface area (Å²) in [7, 11) is 0. The second-order valence-electron chi connectivity index (χ2n) is 6.27. The number of benzene rings is 1. The molecular formula is C17H16F3N3O6. The predicted octanol–water partition coefficient (Wildman–Crippen LogP) is 3.83. The Labute approximate surface area is 162 Å². The first-order valence-corrected chi connectivity index (χ1v) is 8.20. The molecule has 0 fully saturated rings. The van der Waals surface area contributed by atoms with Gasteiger partial charge in [0.05, 0.1) is 21.9 Å². The summed E-state index contributed by atoms with van der Waals surface area (Å²) in [6.07, 6.45) is -4.95. The van der Waals surface area contributed by atoms with Gasteiger partial charge in [0, 0.05) is 18.1 Å². The summed E-state index contributed by atoms with van der Waals surface area (Å²) in [5.41, 5.74) is -2.60. The zero-order valence-corrected chi connectivity index (χ0v) is 15.5. The Bertz CT molecular complexity index is 952. The van der Waals surface area contributed by atoms with Gasteiger partial charge in [0.1, 0.15) is 5.56 Å². The summed E-state index contributed by atoms with van der Waals surface area (Å²) in [4.78, 5) is 33.9. The molecule has 0 aliphatic carbocycles. The van der Waals surface area contributed by atoms with Gasteiger partial charge in [0.15, 0.2) is 12.4 Å². The highest BCUT2D eigenvalue weighted by molar-refractivity contribution is 5.97.